The topological polar surface area (TPSA) is 61.8 Å². The third-order valence-electron chi connectivity index (χ3n) is 11.8. The maximum absolute atomic E-state index is 12.6. The van der Waals surface area contributed by atoms with E-state index in [0.717, 1.165) is 38.5 Å². The highest BCUT2D eigenvalue weighted by atomic mass is 16.6. The van der Waals surface area contributed by atoms with Gasteiger partial charge in [-0.1, -0.05) is 245 Å². The zero-order chi connectivity index (χ0) is 42.1. The number of unbranched alkanes of at least 4 members (excludes halogenated alkanes) is 36. The van der Waals surface area contributed by atoms with E-state index in [0.29, 0.717) is 26.1 Å². The third-order valence-corrected chi connectivity index (χ3v) is 11.8. The molecule has 0 bridgehead atoms. The van der Waals surface area contributed by atoms with Gasteiger partial charge in [-0.3, -0.25) is 9.59 Å². The molecule has 1 unspecified atom stereocenters. The Morgan fingerprint density at radius 1 is 0.362 bits per heavy atom. The zero-order valence-corrected chi connectivity index (χ0v) is 39.6. The summed E-state index contributed by atoms with van der Waals surface area (Å²) in [6.45, 7) is 7.81. The van der Waals surface area contributed by atoms with Gasteiger partial charge in [-0.25, -0.2) is 0 Å². The van der Waals surface area contributed by atoms with Crippen LogP contribution in [0.3, 0.4) is 0 Å². The van der Waals surface area contributed by atoms with Gasteiger partial charge < -0.3 is 14.2 Å². The minimum atomic E-state index is -0.524. The minimum absolute atomic E-state index is 0.0926. The number of rotatable bonds is 49. The fourth-order valence-corrected chi connectivity index (χ4v) is 7.86. The zero-order valence-electron chi connectivity index (χ0n) is 39.6. The molecule has 5 heteroatoms. The molecule has 0 aromatic carbocycles. The van der Waals surface area contributed by atoms with Crippen molar-refractivity contribution in [1.82, 2.24) is 0 Å². The molecule has 0 aromatic rings. The lowest BCUT2D eigenvalue weighted by molar-refractivity contribution is -0.163. The van der Waals surface area contributed by atoms with E-state index in [2.05, 4.69) is 32.9 Å². The molecule has 0 amide bonds. The predicted molar refractivity (Wildman–Crippen MR) is 252 cm³/mol. The average molecular weight is 819 g/mol. The van der Waals surface area contributed by atoms with Crippen LogP contribution in [0.25, 0.3) is 0 Å². The van der Waals surface area contributed by atoms with Crippen molar-refractivity contribution in [2.75, 3.05) is 19.8 Å². The molecule has 0 aliphatic carbocycles. The molecule has 0 rings (SSSR count). The molecule has 0 saturated heterocycles. The van der Waals surface area contributed by atoms with Crippen molar-refractivity contribution in [3.63, 3.8) is 0 Å². The molecule has 0 saturated carbocycles. The molecular formula is C53H102O5. The molecule has 5 nitrogen and oxygen atoms in total. The number of allylic oxidation sites excluding steroid dienone is 2. The molecule has 0 heterocycles. The second-order valence-corrected chi connectivity index (χ2v) is 17.8. The van der Waals surface area contributed by atoms with Gasteiger partial charge in [0, 0.05) is 19.4 Å². The molecule has 0 N–H and O–H groups in total. The molecule has 344 valence electrons. The van der Waals surface area contributed by atoms with E-state index in [1.165, 1.54) is 218 Å². The van der Waals surface area contributed by atoms with Crippen LogP contribution in [0, 0.1) is 0 Å². The van der Waals surface area contributed by atoms with Crippen molar-refractivity contribution < 1.29 is 23.8 Å². The summed E-state index contributed by atoms with van der Waals surface area (Å²) in [5.41, 5.74) is 0. The lowest BCUT2D eigenvalue weighted by Gasteiger charge is -2.18. The first-order chi connectivity index (χ1) is 28.6. The van der Waals surface area contributed by atoms with Crippen LogP contribution in [0.2, 0.25) is 0 Å². The SMILES string of the molecule is CCCCCCCC/C=C\CCCCCCCCCCCCOCC(COC(=O)CCCCCCCCCCCCCCCCCCC)OC(=O)CCCCCCC. The summed E-state index contributed by atoms with van der Waals surface area (Å²) in [6, 6.07) is 0. The van der Waals surface area contributed by atoms with Crippen molar-refractivity contribution in [2.24, 2.45) is 0 Å². The van der Waals surface area contributed by atoms with Gasteiger partial charge in [0.2, 0.25) is 0 Å². The summed E-state index contributed by atoms with van der Waals surface area (Å²) in [5, 5.41) is 0. The van der Waals surface area contributed by atoms with Crippen LogP contribution in [0.15, 0.2) is 12.2 Å². The first kappa shape index (κ1) is 56.6. The van der Waals surface area contributed by atoms with Gasteiger partial charge in [-0.2, -0.15) is 0 Å². The Labute approximate surface area is 363 Å². The Kier molecular flexibility index (Phi) is 48.8. The summed E-state index contributed by atoms with van der Waals surface area (Å²) in [6.07, 6.45) is 56.8. The smallest absolute Gasteiger partial charge is 0.306 e. The largest absolute Gasteiger partial charge is 0.462 e. The fraction of sp³-hybridized carbons (Fsp3) is 0.925. The highest BCUT2D eigenvalue weighted by Gasteiger charge is 2.17. The molecular weight excluding hydrogens is 717 g/mol. The van der Waals surface area contributed by atoms with Gasteiger partial charge >= 0.3 is 11.9 Å². The normalized spacial score (nSPS) is 12.1. The summed E-state index contributed by atoms with van der Waals surface area (Å²) in [5.74, 6) is -0.391. The van der Waals surface area contributed by atoms with E-state index >= 15 is 0 Å². The first-order valence-corrected chi connectivity index (χ1v) is 26.2. The standard InChI is InChI=1S/C53H102O5/c1-4-7-10-13-15-17-19-21-23-25-26-27-29-31-33-35-37-39-42-45-48-56-49-51(58-53(55)47-44-40-12-9-6-3)50-57-52(54)46-43-41-38-36-34-32-30-28-24-22-20-18-16-14-11-8-5-2/h21,23,51H,4-20,22,24-50H2,1-3H3/b23-21-. The monoisotopic (exact) mass is 819 g/mol. The van der Waals surface area contributed by atoms with Crippen molar-refractivity contribution >= 4 is 11.9 Å². The number of hydrogen-bond acceptors (Lipinski definition) is 5. The van der Waals surface area contributed by atoms with Crippen molar-refractivity contribution in [2.45, 2.75) is 297 Å². The minimum Gasteiger partial charge on any atom is -0.462 e. The Balaban J connectivity index is 3.94. The number of hydrogen-bond donors (Lipinski definition) is 0. The number of ether oxygens (including phenoxy) is 3. The number of esters is 2. The summed E-state index contributed by atoms with van der Waals surface area (Å²) in [7, 11) is 0. The van der Waals surface area contributed by atoms with Crippen LogP contribution in [0.1, 0.15) is 290 Å². The highest BCUT2D eigenvalue weighted by molar-refractivity contribution is 5.70. The van der Waals surface area contributed by atoms with E-state index in [4.69, 9.17) is 14.2 Å². The quantitative estimate of drug-likeness (QED) is 0.0348. The second kappa shape index (κ2) is 50.0. The highest BCUT2D eigenvalue weighted by Crippen LogP contribution is 2.16. The fourth-order valence-electron chi connectivity index (χ4n) is 7.86. The molecule has 0 aliphatic rings. The first-order valence-electron chi connectivity index (χ1n) is 26.2. The molecule has 58 heavy (non-hydrogen) atoms. The molecule has 0 spiro atoms. The predicted octanol–water partition coefficient (Wildman–Crippen LogP) is 17.5. The van der Waals surface area contributed by atoms with Crippen LogP contribution in [-0.2, 0) is 23.8 Å². The van der Waals surface area contributed by atoms with E-state index in [9.17, 15) is 9.59 Å². The summed E-state index contributed by atoms with van der Waals surface area (Å²) in [4.78, 5) is 25.1. The van der Waals surface area contributed by atoms with Gasteiger partial charge in [-0.15, -0.1) is 0 Å². The van der Waals surface area contributed by atoms with Crippen molar-refractivity contribution in [1.29, 1.82) is 0 Å². The summed E-state index contributed by atoms with van der Waals surface area (Å²) >= 11 is 0. The molecule has 0 aliphatic heterocycles. The molecule has 0 radical (unpaired) electrons. The van der Waals surface area contributed by atoms with Gasteiger partial charge in [0.25, 0.3) is 0 Å². The van der Waals surface area contributed by atoms with Crippen LogP contribution in [0.5, 0.6) is 0 Å². The van der Waals surface area contributed by atoms with Crippen LogP contribution in [0.4, 0.5) is 0 Å². The lowest BCUT2D eigenvalue weighted by atomic mass is 10.0. The Morgan fingerprint density at radius 3 is 1.05 bits per heavy atom. The van der Waals surface area contributed by atoms with Gasteiger partial charge in [0.1, 0.15) is 6.61 Å². The second-order valence-electron chi connectivity index (χ2n) is 17.8. The maximum atomic E-state index is 12.6. The van der Waals surface area contributed by atoms with Crippen LogP contribution >= 0.6 is 0 Å². The van der Waals surface area contributed by atoms with E-state index in [1.807, 2.05) is 0 Å². The maximum Gasteiger partial charge on any atom is 0.306 e. The Bertz CT molecular complexity index is 840. The lowest BCUT2D eigenvalue weighted by Crippen LogP contribution is -2.30. The van der Waals surface area contributed by atoms with Crippen LogP contribution < -0.4 is 0 Å². The molecule has 0 aromatic heterocycles. The van der Waals surface area contributed by atoms with E-state index in [1.54, 1.807) is 0 Å². The number of carbonyl (C=O) groups is 2. The Morgan fingerprint density at radius 2 is 0.672 bits per heavy atom. The molecule has 1 atom stereocenters. The van der Waals surface area contributed by atoms with Crippen molar-refractivity contribution in [3.8, 4) is 0 Å². The van der Waals surface area contributed by atoms with Gasteiger partial charge in [-0.05, 0) is 44.9 Å². The van der Waals surface area contributed by atoms with Crippen LogP contribution in [-0.4, -0.2) is 37.9 Å². The van der Waals surface area contributed by atoms with E-state index in [-0.39, 0.29) is 18.5 Å². The summed E-state index contributed by atoms with van der Waals surface area (Å²) < 4.78 is 17.3. The molecule has 0 fully saturated rings. The third kappa shape index (κ3) is 47.3. The number of carbonyl (C=O) groups excluding carboxylic acids is 2. The van der Waals surface area contributed by atoms with Crippen molar-refractivity contribution in [3.05, 3.63) is 12.2 Å². The average Bonchev–Trinajstić information content (AvgIpc) is 3.22. The van der Waals surface area contributed by atoms with Gasteiger partial charge in [0.05, 0.1) is 6.61 Å². The van der Waals surface area contributed by atoms with Gasteiger partial charge in [0.15, 0.2) is 6.10 Å². The van der Waals surface area contributed by atoms with E-state index < -0.39 is 6.10 Å². The Hall–Kier alpha value is -1.36.